The zero-order valence-corrected chi connectivity index (χ0v) is 10.3. The number of aliphatic hydroxyl groups is 1. The van der Waals surface area contributed by atoms with E-state index in [-0.39, 0.29) is 6.10 Å². The Bertz CT molecular complexity index is 365. The number of benzene rings is 1. The first-order chi connectivity index (χ1) is 8.43. The summed E-state index contributed by atoms with van der Waals surface area (Å²) >= 11 is 0. The summed E-state index contributed by atoms with van der Waals surface area (Å²) < 4.78 is 37.4. The molecule has 0 aromatic heterocycles. The van der Waals surface area contributed by atoms with Crippen molar-refractivity contribution >= 4 is 0 Å². The third-order valence-electron chi connectivity index (χ3n) is 2.71. The number of hydrogen-bond donors (Lipinski definition) is 2. The highest BCUT2D eigenvalue weighted by Gasteiger charge is 2.30. The van der Waals surface area contributed by atoms with Crippen molar-refractivity contribution in [2.45, 2.75) is 38.6 Å². The molecule has 2 nitrogen and oxygen atoms in total. The van der Waals surface area contributed by atoms with Crippen LogP contribution in [0.5, 0.6) is 0 Å². The lowest BCUT2D eigenvalue weighted by molar-refractivity contribution is -0.137. The van der Waals surface area contributed by atoms with Crippen LogP contribution in [0.4, 0.5) is 13.2 Å². The van der Waals surface area contributed by atoms with Crippen LogP contribution in [0.1, 0.15) is 30.9 Å². The zero-order valence-electron chi connectivity index (χ0n) is 10.3. The lowest BCUT2D eigenvalue weighted by atomic mass is 10.1. The Morgan fingerprint density at radius 1 is 1.33 bits per heavy atom. The quantitative estimate of drug-likeness (QED) is 0.772. The second-order valence-electron chi connectivity index (χ2n) is 4.23. The summed E-state index contributed by atoms with van der Waals surface area (Å²) in [7, 11) is 0. The minimum Gasteiger partial charge on any atom is -0.393 e. The summed E-state index contributed by atoms with van der Waals surface area (Å²) in [6.45, 7) is 2.85. The van der Waals surface area contributed by atoms with Crippen LogP contribution in [0, 0.1) is 0 Å². The molecule has 0 radical (unpaired) electrons. The summed E-state index contributed by atoms with van der Waals surface area (Å²) in [6, 6.07) is 5.26. The van der Waals surface area contributed by atoms with E-state index in [1.807, 2.05) is 6.92 Å². The molecule has 1 aromatic rings. The molecule has 0 aliphatic carbocycles. The molecular formula is C13H18F3NO. The number of alkyl halides is 3. The number of hydrogen-bond acceptors (Lipinski definition) is 2. The van der Waals surface area contributed by atoms with Crippen molar-refractivity contribution in [3.8, 4) is 0 Å². The van der Waals surface area contributed by atoms with Gasteiger partial charge in [-0.1, -0.05) is 25.1 Å². The second-order valence-corrected chi connectivity index (χ2v) is 4.23. The molecule has 2 N–H and O–H groups in total. The molecule has 0 aliphatic rings. The monoisotopic (exact) mass is 261 g/mol. The predicted octanol–water partition coefficient (Wildman–Crippen LogP) is 2.96. The summed E-state index contributed by atoms with van der Waals surface area (Å²) in [5, 5.41) is 12.3. The molecule has 0 aliphatic heterocycles. The fourth-order valence-corrected chi connectivity index (χ4v) is 1.56. The maximum atomic E-state index is 12.5. The molecule has 0 amide bonds. The standard InChI is InChI=1S/C13H18F3NO/c1-2-12(18)6-7-17-9-10-4-3-5-11(8-10)13(14,15)16/h3-5,8,12,17-18H,2,6-7,9H2,1H3. The van der Waals surface area contributed by atoms with Gasteiger partial charge in [0.15, 0.2) is 0 Å². The molecule has 1 aromatic carbocycles. The van der Waals surface area contributed by atoms with Crippen LogP contribution in [-0.4, -0.2) is 17.8 Å². The van der Waals surface area contributed by atoms with E-state index in [9.17, 15) is 18.3 Å². The maximum absolute atomic E-state index is 12.5. The highest BCUT2D eigenvalue weighted by atomic mass is 19.4. The van der Waals surface area contributed by atoms with Crippen molar-refractivity contribution in [1.82, 2.24) is 5.32 Å². The molecule has 1 atom stereocenters. The van der Waals surface area contributed by atoms with Crippen LogP contribution in [0.15, 0.2) is 24.3 Å². The normalized spacial score (nSPS) is 13.6. The summed E-state index contributed by atoms with van der Waals surface area (Å²) in [6.07, 6.45) is -3.35. The van der Waals surface area contributed by atoms with E-state index in [2.05, 4.69) is 5.32 Å². The van der Waals surface area contributed by atoms with E-state index in [1.165, 1.54) is 6.07 Å². The van der Waals surface area contributed by atoms with Gasteiger partial charge in [-0.25, -0.2) is 0 Å². The maximum Gasteiger partial charge on any atom is 0.416 e. The summed E-state index contributed by atoms with van der Waals surface area (Å²) in [4.78, 5) is 0. The Balaban J connectivity index is 2.43. The van der Waals surface area contributed by atoms with Crippen LogP contribution in [0.2, 0.25) is 0 Å². The van der Waals surface area contributed by atoms with Crippen molar-refractivity contribution in [2.24, 2.45) is 0 Å². The zero-order chi connectivity index (χ0) is 13.6. The molecule has 0 fully saturated rings. The first-order valence-corrected chi connectivity index (χ1v) is 5.98. The van der Waals surface area contributed by atoms with Crippen LogP contribution < -0.4 is 5.32 Å². The number of halogens is 3. The molecule has 1 rings (SSSR count). The first kappa shape index (κ1) is 15.0. The van der Waals surface area contributed by atoms with E-state index in [1.54, 1.807) is 6.07 Å². The van der Waals surface area contributed by atoms with Crippen molar-refractivity contribution in [1.29, 1.82) is 0 Å². The smallest absolute Gasteiger partial charge is 0.393 e. The molecule has 102 valence electrons. The van der Waals surface area contributed by atoms with Crippen LogP contribution in [0.3, 0.4) is 0 Å². The molecule has 0 spiro atoms. The van der Waals surface area contributed by atoms with Crippen molar-refractivity contribution in [3.63, 3.8) is 0 Å². The van der Waals surface area contributed by atoms with Gasteiger partial charge in [0.05, 0.1) is 11.7 Å². The van der Waals surface area contributed by atoms with E-state index < -0.39 is 11.7 Å². The van der Waals surface area contributed by atoms with E-state index in [0.717, 1.165) is 12.1 Å². The molecule has 0 saturated heterocycles. The summed E-state index contributed by atoms with van der Waals surface area (Å²) in [5.41, 5.74) is -0.0359. The molecule has 5 heteroatoms. The van der Waals surface area contributed by atoms with Crippen LogP contribution in [0.25, 0.3) is 0 Å². The number of aliphatic hydroxyl groups excluding tert-OH is 1. The average Bonchev–Trinajstić information content (AvgIpc) is 2.33. The molecule has 1 unspecified atom stereocenters. The second kappa shape index (κ2) is 6.75. The largest absolute Gasteiger partial charge is 0.416 e. The molecule has 0 heterocycles. The lowest BCUT2D eigenvalue weighted by Gasteiger charge is -2.11. The highest BCUT2D eigenvalue weighted by Crippen LogP contribution is 2.29. The fraction of sp³-hybridized carbons (Fsp3) is 0.538. The Morgan fingerprint density at radius 2 is 2.06 bits per heavy atom. The van der Waals surface area contributed by atoms with Gasteiger partial charge in [-0.2, -0.15) is 13.2 Å². The van der Waals surface area contributed by atoms with E-state index >= 15 is 0 Å². The number of rotatable bonds is 6. The Hall–Kier alpha value is -1.07. The van der Waals surface area contributed by atoms with Crippen molar-refractivity contribution in [3.05, 3.63) is 35.4 Å². The Kier molecular flexibility index (Phi) is 5.62. The molecule has 0 bridgehead atoms. The molecule has 0 saturated carbocycles. The van der Waals surface area contributed by atoms with Crippen LogP contribution >= 0.6 is 0 Å². The predicted molar refractivity (Wildman–Crippen MR) is 64.1 cm³/mol. The molecular weight excluding hydrogens is 243 g/mol. The van der Waals surface area contributed by atoms with Gasteiger partial charge in [0.2, 0.25) is 0 Å². The highest BCUT2D eigenvalue weighted by molar-refractivity contribution is 5.25. The van der Waals surface area contributed by atoms with Gasteiger partial charge in [0.1, 0.15) is 0 Å². The lowest BCUT2D eigenvalue weighted by Crippen LogP contribution is -2.20. The SMILES string of the molecule is CCC(O)CCNCc1cccc(C(F)(F)F)c1. The first-order valence-electron chi connectivity index (χ1n) is 5.98. The average molecular weight is 261 g/mol. The van der Waals surface area contributed by atoms with Gasteiger partial charge in [0.25, 0.3) is 0 Å². The van der Waals surface area contributed by atoms with Gasteiger partial charge in [-0.15, -0.1) is 0 Å². The van der Waals surface area contributed by atoms with Gasteiger partial charge < -0.3 is 10.4 Å². The van der Waals surface area contributed by atoms with Gasteiger partial charge in [-0.3, -0.25) is 0 Å². The van der Waals surface area contributed by atoms with Crippen molar-refractivity contribution in [2.75, 3.05) is 6.54 Å². The Labute approximate surface area is 105 Å². The molecule has 18 heavy (non-hydrogen) atoms. The van der Waals surface area contributed by atoms with Crippen LogP contribution in [-0.2, 0) is 12.7 Å². The number of nitrogens with one attached hydrogen (secondary N) is 1. The topological polar surface area (TPSA) is 32.3 Å². The summed E-state index contributed by atoms with van der Waals surface area (Å²) in [5.74, 6) is 0. The van der Waals surface area contributed by atoms with E-state index in [4.69, 9.17) is 0 Å². The van der Waals surface area contributed by atoms with Gasteiger partial charge in [-0.05, 0) is 31.0 Å². The Morgan fingerprint density at radius 3 is 2.67 bits per heavy atom. The minimum absolute atomic E-state index is 0.348. The van der Waals surface area contributed by atoms with E-state index in [0.29, 0.717) is 31.5 Å². The van der Waals surface area contributed by atoms with Crippen molar-refractivity contribution < 1.29 is 18.3 Å². The van der Waals surface area contributed by atoms with Gasteiger partial charge >= 0.3 is 6.18 Å². The van der Waals surface area contributed by atoms with Gasteiger partial charge in [0, 0.05) is 6.54 Å². The third kappa shape index (κ3) is 5.06. The third-order valence-corrected chi connectivity index (χ3v) is 2.71. The fourth-order valence-electron chi connectivity index (χ4n) is 1.56. The minimum atomic E-state index is -4.30.